The average molecular weight is 310 g/mol. The Morgan fingerprint density at radius 2 is 2.19 bits per heavy atom. The van der Waals surface area contributed by atoms with Crippen molar-refractivity contribution in [1.82, 2.24) is 4.90 Å². The van der Waals surface area contributed by atoms with Gasteiger partial charge in [-0.15, -0.1) is 0 Å². The van der Waals surface area contributed by atoms with Gasteiger partial charge in [0.2, 0.25) is 0 Å². The minimum Gasteiger partial charge on any atom is -0.491 e. The van der Waals surface area contributed by atoms with E-state index in [1.54, 1.807) is 6.07 Å². The lowest BCUT2D eigenvalue weighted by atomic mass is 9.94. The van der Waals surface area contributed by atoms with E-state index in [9.17, 15) is 9.90 Å². The number of benzene rings is 1. The minimum atomic E-state index is -0.692. The highest BCUT2D eigenvalue weighted by atomic mass is 35.5. The summed E-state index contributed by atoms with van der Waals surface area (Å²) in [6.45, 7) is 1.98. The molecule has 0 amide bonds. The number of halogens is 1. The third-order valence-electron chi connectivity index (χ3n) is 4.71. The van der Waals surface area contributed by atoms with Crippen LogP contribution in [0.4, 0.5) is 0 Å². The van der Waals surface area contributed by atoms with Gasteiger partial charge in [0.1, 0.15) is 18.4 Å². The summed E-state index contributed by atoms with van der Waals surface area (Å²) < 4.78 is 5.68. The molecule has 1 saturated heterocycles. The van der Waals surface area contributed by atoms with E-state index < -0.39 is 5.97 Å². The lowest BCUT2D eigenvalue weighted by molar-refractivity contribution is -0.143. The number of carboxylic acid groups (broad SMARTS) is 1. The van der Waals surface area contributed by atoms with Crippen LogP contribution in [-0.2, 0) is 4.79 Å². The molecule has 1 saturated carbocycles. The van der Waals surface area contributed by atoms with Gasteiger partial charge < -0.3 is 9.84 Å². The number of ether oxygens (including phenoxy) is 1. The van der Waals surface area contributed by atoms with Crippen molar-refractivity contribution in [3.8, 4) is 5.75 Å². The van der Waals surface area contributed by atoms with Crippen LogP contribution in [0.2, 0.25) is 5.02 Å². The van der Waals surface area contributed by atoms with Crippen LogP contribution in [0.5, 0.6) is 5.75 Å². The quantitative estimate of drug-likeness (QED) is 0.908. The third-order valence-corrected chi connectivity index (χ3v) is 5.02. The number of nitrogens with zero attached hydrogens (tertiary/aromatic N) is 1. The second-order valence-corrected chi connectivity index (χ2v) is 6.32. The fourth-order valence-corrected chi connectivity index (χ4v) is 3.99. The van der Waals surface area contributed by atoms with Gasteiger partial charge in [0.25, 0.3) is 0 Å². The number of fused-ring (bicyclic) bond motifs is 1. The Kier molecular flexibility index (Phi) is 4.36. The molecular formula is C16H20ClNO3. The van der Waals surface area contributed by atoms with Gasteiger partial charge in [-0.05, 0) is 36.8 Å². The minimum absolute atomic E-state index is 0.322. The fraction of sp³-hybridized carbons (Fsp3) is 0.562. The predicted octanol–water partition coefficient (Wildman–Crippen LogP) is 2.90. The number of carbonyl (C=O) groups is 1. The molecule has 3 rings (SSSR count). The molecule has 5 heteroatoms. The van der Waals surface area contributed by atoms with Crippen LogP contribution in [0, 0.1) is 11.8 Å². The number of para-hydroxylation sites is 1. The maximum atomic E-state index is 11.5. The Balaban J connectivity index is 1.57. The summed E-state index contributed by atoms with van der Waals surface area (Å²) in [6.07, 6.45) is 3.38. The van der Waals surface area contributed by atoms with Crippen LogP contribution >= 0.6 is 11.6 Å². The van der Waals surface area contributed by atoms with Gasteiger partial charge in [0, 0.05) is 13.1 Å². The smallest absolute Gasteiger partial charge is 0.321 e. The Labute approximate surface area is 129 Å². The number of hydrogen-bond donors (Lipinski definition) is 1. The summed E-state index contributed by atoms with van der Waals surface area (Å²) in [7, 11) is 0. The predicted molar refractivity (Wildman–Crippen MR) is 80.8 cm³/mol. The van der Waals surface area contributed by atoms with Crippen molar-refractivity contribution < 1.29 is 14.6 Å². The van der Waals surface area contributed by atoms with E-state index in [2.05, 4.69) is 4.90 Å². The highest BCUT2D eigenvalue weighted by Crippen LogP contribution is 2.42. The first kappa shape index (κ1) is 14.7. The highest BCUT2D eigenvalue weighted by Gasteiger charge is 2.47. The zero-order chi connectivity index (χ0) is 14.8. The summed E-state index contributed by atoms with van der Waals surface area (Å²) in [5, 5.41) is 10.1. The highest BCUT2D eigenvalue weighted by molar-refractivity contribution is 6.32. The number of aliphatic carboxylic acids is 1. The maximum Gasteiger partial charge on any atom is 0.321 e. The lowest BCUT2D eigenvalue weighted by Gasteiger charge is -2.24. The van der Waals surface area contributed by atoms with E-state index in [0.29, 0.717) is 35.8 Å². The molecule has 1 heterocycles. The van der Waals surface area contributed by atoms with Gasteiger partial charge in [-0.2, -0.15) is 0 Å². The molecule has 3 atom stereocenters. The van der Waals surface area contributed by atoms with Gasteiger partial charge in [0.05, 0.1) is 5.02 Å². The Hall–Kier alpha value is -1.26. The molecule has 0 radical (unpaired) electrons. The molecule has 1 aromatic carbocycles. The molecule has 0 spiro atoms. The normalized spacial score (nSPS) is 28.5. The van der Waals surface area contributed by atoms with E-state index in [4.69, 9.17) is 16.3 Å². The molecule has 1 N–H and O–H groups in total. The van der Waals surface area contributed by atoms with Crippen molar-refractivity contribution in [3.05, 3.63) is 29.3 Å². The van der Waals surface area contributed by atoms with Crippen LogP contribution in [0.1, 0.15) is 19.3 Å². The lowest BCUT2D eigenvalue weighted by Crippen LogP contribution is -2.41. The molecule has 1 aliphatic carbocycles. The summed E-state index contributed by atoms with van der Waals surface area (Å²) in [6, 6.07) is 7.01. The number of rotatable bonds is 5. The maximum absolute atomic E-state index is 11.5. The van der Waals surface area contributed by atoms with E-state index in [1.165, 1.54) is 6.42 Å². The Bertz CT molecular complexity index is 522. The van der Waals surface area contributed by atoms with Crippen molar-refractivity contribution in [3.63, 3.8) is 0 Å². The van der Waals surface area contributed by atoms with E-state index >= 15 is 0 Å². The summed E-state index contributed by atoms with van der Waals surface area (Å²) in [5.74, 6) is 0.835. The second kappa shape index (κ2) is 6.24. The van der Waals surface area contributed by atoms with Crippen molar-refractivity contribution in [2.75, 3.05) is 19.7 Å². The average Bonchev–Trinajstić information content (AvgIpc) is 3.00. The van der Waals surface area contributed by atoms with Crippen LogP contribution < -0.4 is 4.74 Å². The zero-order valence-electron chi connectivity index (χ0n) is 11.9. The first-order valence-electron chi connectivity index (χ1n) is 7.51. The van der Waals surface area contributed by atoms with Crippen molar-refractivity contribution in [1.29, 1.82) is 0 Å². The summed E-state index contributed by atoms with van der Waals surface area (Å²) >= 11 is 6.04. The van der Waals surface area contributed by atoms with Crippen LogP contribution in [-0.4, -0.2) is 41.7 Å². The largest absolute Gasteiger partial charge is 0.491 e. The van der Waals surface area contributed by atoms with Gasteiger partial charge in [-0.25, -0.2) is 0 Å². The molecule has 1 aromatic rings. The molecule has 2 fully saturated rings. The van der Waals surface area contributed by atoms with Gasteiger partial charge >= 0.3 is 5.97 Å². The fourth-order valence-electron chi connectivity index (χ4n) is 3.80. The molecular weight excluding hydrogens is 290 g/mol. The first-order chi connectivity index (χ1) is 10.2. The topological polar surface area (TPSA) is 49.8 Å². The number of carboxylic acids is 1. The third kappa shape index (κ3) is 3.01. The van der Waals surface area contributed by atoms with Crippen molar-refractivity contribution in [2.45, 2.75) is 25.3 Å². The summed E-state index contributed by atoms with van der Waals surface area (Å²) in [5.41, 5.74) is 0. The van der Waals surface area contributed by atoms with Crippen molar-refractivity contribution >= 4 is 17.6 Å². The Morgan fingerprint density at radius 3 is 2.95 bits per heavy atom. The molecule has 0 aromatic heterocycles. The SMILES string of the molecule is O=C(O)C1C2CCCC2CN1CCOc1ccccc1Cl. The first-order valence-corrected chi connectivity index (χ1v) is 7.89. The molecule has 21 heavy (non-hydrogen) atoms. The molecule has 2 aliphatic rings. The zero-order valence-corrected chi connectivity index (χ0v) is 12.6. The van der Waals surface area contributed by atoms with Crippen LogP contribution in [0.25, 0.3) is 0 Å². The molecule has 3 unspecified atom stereocenters. The second-order valence-electron chi connectivity index (χ2n) is 5.91. The monoisotopic (exact) mass is 309 g/mol. The van der Waals surface area contributed by atoms with E-state index in [0.717, 1.165) is 19.4 Å². The van der Waals surface area contributed by atoms with Gasteiger partial charge in [-0.1, -0.05) is 30.2 Å². The van der Waals surface area contributed by atoms with Crippen LogP contribution in [0.3, 0.4) is 0 Å². The summed E-state index contributed by atoms with van der Waals surface area (Å²) in [4.78, 5) is 13.6. The number of likely N-dealkylation sites (tertiary alicyclic amines) is 1. The molecule has 0 bridgehead atoms. The van der Waals surface area contributed by atoms with Crippen molar-refractivity contribution in [2.24, 2.45) is 11.8 Å². The van der Waals surface area contributed by atoms with Crippen LogP contribution in [0.15, 0.2) is 24.3 Å². The standard InChI is InChI=1S/C16H20ClNO3/c17-13-6-1-2-7-14(13)21-9-8-18-10-11-4-3-5-12(11)15(18)16(19)20/h1-2,6-7,11-12,15H,3-5,8-10H2,(H,19,20). The Morgan fingerprint density at radius 1 is 1.38 bits per heavy atom. The number of hydrogen-bond acceptors (Lipinski definition) is 3. The molecule has 114 valence electrons. The molecule has 4 nitrogen and oxygen atoms in total. The van der Waals surface area contributed by atoms with Gasteiger partial charge in [0.15, 0.2) is 0 Å². The van der Waals surface area contributed by atoms with E-state index in [1.807, 2.05) is 18.2 Å². The van der Waals surface area contributed by atoms with Gasteiger partial charge in [-0.3, -0.25) is 9.69 Å². The molecule has 1 aliphatic heterocycles. The van der Waals surface area contributed by atoms with E-state index in [-0.39, 0.29) is 6.04 Å².